The van der Waals surface area contributed by atoms with Crippen LogP contribution in [0.2, 0.25) is 0 Å². The molecule has 0 aliphatic carbocycles. The maximum atomic E-state index is 9.43. The molecule has 0 saturated heterocycles. The van der Waals surface area contributed by atoms with Crippen molar-refractivity contribution in [2.24, 2.45) is 0 Å². The van der Waals surface area contributed by atoms with Crippen molar-refractivity contribution in [1.29, 1.82) is 0 Å². The Kier molecular flexibility index (Phi) is 21.3. The standard InChI is InChI=1S/C22H44O3/c1-3-4-5-6-7-8-9-10-11-12-13-14-15-16-17-18-19-25-21-22(23)20-24-2/h9-10,22-23H,3-8,11-21H2,1-2H3/b10-9-/t22-/m0/s1. The van der Waals surface area contributed by atoms with Crippen LogP contribution in [0, 0.1) is 0 Å². The predicted molar refractivity (Wildman–Crippen MR) is 108 cm³/mol. The van der Waals surface area contributed by atoms with Gasteiger partial charge in [-0.05, 0) is 32.1 Å². The Labute approximate surface area is 157 Å². The highest BCUT2D eigenvalue weighted by Gasteiger charge is 2.02. The van der Waals surface area contributed by atoms with Crippen molar-refractivity contribution in [3.8, 4) is 0 Å². The van der Waals surface area contributed by atoms with Gasteiger partial charge in [0.05, 0.1) is 13.2 Å². The third kappa shape index (κ3) is 21.6. The minimum Gasteiger partial charge on any atom is -0.388 e. The van der Waals surface area contributed by atoms with Gasteiger partial charge in [0.15, 0.2) is 0 Å². The zero-order valence-electron chi connectivity index (χ0n) is 17.0. The molecule has 0 amide bonds. The lowest BCUT2D eigenvalue weighted by molar-refractivity contribution is -0.00684. The molecule has 1 N–H and O–H groups in total. The molecule has 0 aromatic carbocycles. The quantitative estimate of drug-likeness (QED) is 0.213. The lowest BCUT2D eigenvalue weighted by Crippen LogP contribution is -2.21. The first-order chi connectivity index (χ1) is 12.3. The van der Waals surface area contributed by atoms with E-state index in [2.05, 4.69) is 19.1 Å². The molecule has 3 nitrogen and oxygen atoms in total. The highest BCUT2D eigenvalue weighted by atomic mass is 16.5. The zero-order chi connectivity index (χ0) is 18.4. The first kappa shape index (κ1) is 24.6. The first-order valence-electron chi connectivity index (χ1n) is 10.7. The minimum absolute atomic E-state index is 0.355. The van der Waals surface area contributed by atoms with Crippen molar-refractivity contribution in [1.82, 2.24) is 0 Å². The normalized spacial score (nSPS) is 12.9. The molecule has 0 aromatic rings. The van der Waals surface area contributed by atoms with Gasteiger partial charge in [-0.1, -0.05) is 76.9 Å². The smallest absolute Gasteiger partial charge is 0.101 e. The Hall–Kier alpha value is -0.380. The summed E-state index contributed by atoms with van der Waals surface area (Å²) in [5.74, 6) is 0. The molecule has 0 heterocycles. The number of hydrogen-bond donors (Lipinski definition) is 1. The fraction of sp³-hybridized carbons (Fsp3) is 0.909. The Morgan fingerprint density at radius 1 is 0.720 bits per heavy atom. The van der Waals surface area contributed by atoms with Crippen LogP contribution >= 0.6 is 0 Å². The summed E-state index contributed by atoms with van der Waals surface area (Å²) in [6, 6.07) is 0. The maximum Gasteiger partial charge on any atom is 0.101 e. The van der Waals surface area contributed by atoms with Gasteiger partial charge in [0, 0.05) is 13.7 Å². The second kappa shape index (κ2) is 21.7. The van der Waals surface area contributed by atoms with Crippen molar-refractivity contribution >= 4 is 0 Å². The summed E-state index contributed by atoms with van der Waals surface area (Å²) in [4.78, 5) is 0. The van der Waals surface area contributed by atoms with E-state index in [4.69, 9.17) is 9.47 Å². The highest BCUT2D eigenvalue weighted by Crippen LogP contribution is 2.10. The molecule has 25 heavy (non-hydrogen) atoms. The second-order valence-electron chi connectivity index (χ2n) is 7.12. The summed E-state index contributed by atoms with van der Waals surface area (Å²) in [7, 11) is 1.59. The zero-order valence-corrected chi connectivity index (χ0v) is 17.0. The van der Waals surface area contributed by atoms with Gasteiger partial charge in [-0.2, -0.15) is 0 Å². The molecule has 0 spiro atoms. The lowest BCUT2D eigenvalue weighted by atomic mass is 10.1. The molecule has 0 rings (SSSR count). The molecule has 0 saturated carbocycles. The molecule has 3 heteroatoms. The van der Waals surface area contributed by atoms with E-state index in [9.17, 15) is 5.11 Å². The van der Waals surface area contributed by atoms with E-state index in [1.54, 1.807) is 7.11 Å². The topological polar surface area (TPSA) is 38.7 Å². The summed E-state index contributed by atoms with van der Waals surface area (Å²) >= 11 is 0. The van der Waals surface area contributed by atoms with Gasteiger partial charge in [0.2, 0.25) is 0 Å². The van der Waals surface area contributed by atoms with Crippen molar-refractivity contribution in [2.75, 3.05) is 26.9 Å². The van der Waals surface area contributed by atoms with Crippen LogP contribution in [0.4, 0.5) is 0 Å². The second-order valence-corrected chi connectivity index (χ2v) is 7.12. The van der Waals surface area contributed by atoms with Crippen LogP contribution in [0.25, 0.3) is 0 Å². The van der Waals surface area contributed by atoms with Crippen LogP contribution < -0.4 is 0 Å². The molecule has 1 atom stereocenters. The van der Waals surface area contributed by atoms with E-state index in [0.29, 0.717) is 13.2 Å². The monoisotopic (exact) mass is 356 g/mol. The van der Waals surface area contributed by atoms with Gasteiger partial charge in [0.25, 0.3) is 0 Å². The van der Waals surface area contributed by atoms with Gasteiger partial charge in [-0.3, -0.25) is 0 Å². The summed E-state index contributed by atoms with van der Waals surface area (Å²) in [6.45, 7) is 3.77. The van der Waals surface area contributed by atoms with Gasteiger partial charge in [-0.15, -0.1) is 0 Å². The van der Waals surface area contributed by atoms with E-state index < -0.39 is 6.10 Å². The predicted octanol–water partition coefficient (Wildman–Crippen LogP) is 6.05. The molecular weight excluding hydrogens is 312 g/mol. The number of hydrogen-bond acceptors (Lipinski definition) is 3. The van der Waals surface area contributed by atoms with Gasteiger partial charge >= 0.3 is 0 Å². The summed E-state index contributed by atoms with van der Waals surface area (Å²) in [6.07, 6.45) is 22.8. The van der Waals surface area contributed by atoms with E-state index in [1.807, 2.05) is 0 Å². The lowest BCUT2D eigenvalue weighted by Gasteiger charge is -2.09. The largest absolute Gasteiger partial charge is 0.388 e. The molecule has 0 unspecified atom stereocenters. The number of aliphatic hydroxyl groups excluding tert-OH is 1. The van der Waals surface area contributed by atoms with E-state index >= 15 is 0 Å². The van der Waals surface area contributed by atoms with Crippen LogP contribution in [0.1, 0.15) is 96.8 Å². The average Bonchev–Trinajstić information content (AvgIpc) is 2.61. The summed E-state index contributed by atoms with van der Waals surface area (Å²) in [5.41, 5.74) is 0. The Morgan fingerprint density at radius 3 is 1.80 bits per heavy atom. The third-order valence-corrected chi connectivity index (χ3v) is 4.47. The van der Waals surface area contributed by atoms with Crippen LogP contribution in [-0.2, 0) is 9.47 Å². The molecule has 0 aromatic heterocycles. The molecule has 0 radical (unpaired) electrons. The Balaban J connectivity index is 3.09. The van der Waals surface area contributed by atoms with Crippen LogP contribution in [0.15, 0.2) is 12.2 Å². The van der Waals surface area contributed by atoms with Crippen LogP contribution in [0.5, 0.6) is 0 Å². The molecule has 150 valence electrons. The van der Waals surface area contributed by atoms with E-state index in [0.717, 1.165) is 13.0 Å². The van der Waals surface area contributed by atoms with E-state index in [-0.39, 0.29) is 0 Å². The number of unbranched alkanes of at least 4 members (excludes halogenated alkanes) is 12. The Morgan fingerprint density at radius 2 is 1.24 bits per heavy atom. The summed E-state index contributed by atoms with van der Waals surface area (Å²) < 4.78 is 10.3. The average molecular weight is 357 g/mol. The van der Waals surface area contributed by atoms with Crippen LogP contribution in [-0.4, -0.2) is 38.1 Å². The number of ether oxygens (including phenoxy) is 2. The third-order valence-electron chi connectivity index (χ3n) is 4.47. The van der Waals surface area contributed by atoms with Crippen molar-refractivity contribution in [3.63, 3.8) is 0 Å². The maximum absolute atomic E-state index is 9.43. The molecular formula is C22H44O3. The highest BCUT2D eigenvalue weighted by molar-refractivity contribution is 4.81. The van der Waals surface area contributed by atoms with Gasteiger partial charge < -0.3 is 14.6 Å². The summed E-state index contributed by atoms with van der Waals surface area (Å²) in [5, 5.41) is 9.43. The Bertz CT molecular complexity index is 266. The number of rotatable bonds is 20. The van der Waals surface area contributed by atoms with Crippen LogP contribution in [0.3, 0.4) is 0 Å². The molecule has 0 aliphatic heterocycles. The SMILES string of the molecule is CCCCCCC/C=C\CCCCCCCCCOC[C@@H](O)COC. The van der Waals surface area contributed by atoms with Crippen molar-refractivity contribution < 1.29 is 14.6 Å². The van der Waals surface area contributed by atoms with Crippen molar-refractivity contribution in [3.05, 3.63) is 12.2 Å². The first-order valence-corrected chi connectivity index (χ1v) is 10.7. The van der Waals surface area contributed by atoms with E-state index in [1.165, 1.54) is 83.5 Å². The fourth-order valence-electron chi connectivity index (χ4n) is 2.91. The number of allylic oxidation sites excluding steroid dienone is 2. The molecule has 0 aliphatic rings. The molecule has 0 fully saturated rings. The fourth-order valence-corrected chi connectivity index (χ4v) is 2.91. The van der Waals surface area contributed by atoms with Gasteiger partial charge in [-0.25, -0.2) is 0 Å². The number of aliphatic hydroxyl groups is 1. The minimum atomic E-state index is -0.486. The molecule has 0 bridgehead atoms. The van der Waals surface area contributed by atoms with Gasteiger partial charge in [0.1, 0.15) is 6.10 Å². The van der Waals surface area contributed by atoms with Crippen molar-refractivity contribution in [2.45, 2.75) is 103 Å². The number of methoxy groups -OCH3 is 1.